The van der Waals surface area contributed by atoms with E-state index in [-0.39, 0.29) is 12.2 Å². The predicted molar refractivity (Wildman–Crippen MR) is 98.9 cm³/mol. The van der Waals surface area contributed by atoms with E-state index in [0.717, 1.165) is 0 Å². The fraction of sp³-hybridized carbons (Fsp3) is 0.545. The summed E-state index contributed by atoms with van der Waals surface area (Å²) in [5.41, 5.74) is 6.35. The van der Waals surface area contributed by atoms with E-state index in [2.05, 4.69) is 32.6 Å². The first-order chi connectivity index (χ1) is 14.3. The first-order valence-corrected chi connectivity index (χ1v) is 12.7. The molecule has 3 rings (SSSR count). The molecule has 2 aromatic rings. The highest BCUT2D eigenvalue weighted by molar-refractivity contribution is 7.66. The van der Waals surface area contributed by atoms with Gasteiger partial charge in [-0.1, -0.05) is 0 Å². The Morgan fingerprint density at radius 1 is 1.16 bits per heavy atom. The van der Waals surface area contributed by atoms with E-state index in [4.69, 9.17) is 15.4 Å². The van der Waals surface area contributed by atoms with E-state index in [0.29, 0.717) is 18.3 Å². The number of hydrogen-bond donors (Lipinski definition) is 5. The smallest absolute Gasteiger partial charge is 0.390 e. The van der Waals surface area contributed by atoms with Crippen LogP contribution in [0.3, 0.4) is 0 Å². The van der Waals surface area contributed by atoms with Crippen LogP contribution in [-0.4, -0.2) is 65.2 Å². The minimum Gasteiger partial charge on any atom is -0.390 e. The van der Waals surface area contributed by atoms with Crippen LogP contribution in [0.2, 0.25) is 0 Å². The number of phosphoric acid groups is 3. The quantitative estimate of drug-likeness (QED) is 0.282. The van der Waals surface area contributed by atoms with Gasteiger partial charge in [0.15, 0.2) is 11.5 Å². The Labute approximate surface area is 173 Å². The maximum Gasteiger partial charge on any atom is 0.490 e. The summed E-state index contributed by atoms with van der Waals surface area (Å²) >= 11 is 0. The molecular formula is C11H18N5O12P3. The lowest BCUT2D eigenvalue weighted by Crippen LogP contribution is -2.26. The third-order valence-corrected chi connectivity index (χ3v) is 8.19. The highest BCUT2D eigenvalue weighted by Gasteiger charge is 2.43. The molecule has 17 nitrogen and oxygen atoms in total. The average molecular weight is 505 g/mol. The molecule has 0 aliphatic carbocycles. The molecule has 0 amide bonds. The molecule has 1 saturated heterocycles. The summed E-state index contributed by atoms with van der Waals surface area (Å²) in [4.78, 5) is 39.8. The maximum absolute atomic E-state index is 11.9. The number of fused-ring (bicyclic) bond motifs is 1. The Morgan fingerprint density at radius 3 is 2.52 bits per heavy atom. The van der Waals surface area contributed by atoms with Gasteiger partial charge >= 0.3 is 23.5 Å². The third-order valence-electron chi connectivity index (χ3n) is 3.95. The van der Waals surface area contributed by atoms with Crippen molar-refractivity contribution >= 4 is 40.4 Å². The van der Waals surface area contributed by atoms with Crippen molar-refractivity contribution in [3.63, 3.8) is 0 Å². The SMILES string of the molecule is COP(=O)(O)OP(=O)(O)OP(=O)(O)OC[C@H]1O[C@@H](n2cnc3c(N)ncnc32)C[C@@H]1O. The number of anilines is 1. The summed E-state index contributed by atoms with van der Waals surface area (Å²) in [6.07, 6.45) is -0.540. The van der Waals surface area contributed by atoms with Gasteiger partial charge in [0, 0.05) is 13.5 Å². The summed E-state index contributed by atoms with van der Waals surface area (Å²) in [6.45, 7) is -0.754. The monoisotopic (exact) mass is 505 g/mol. The number of hydrogen-bond acceptors (Lipinski definition) is 13. The van der Waals surface area contributed by atoms with Crippen molar-refractivity contribution in [2.24, 2.45) is 0 Å². The van der Waals surface area contributed by atoms with Crippen molar-refractivity contribution < 1.29 is 55.9 Å². The van der Waals surface area contributed by atoms with Crippen LogP contribution < -0.4 is 5.73 Å². The van der Waals surface area contributed by atoms with Crippen molar-refractivity contribution in [1.29, 1.82) is 0 Å². The van der Waals surface area contributed by atoms with Crippen molar-refractivity contribution in [3.8, 4) is 0 Å². The molecule has 1 aliphatic rings. The van der Waals surface area contributed by atoms with E-state index in [1.807, 2.05) is 0 Å². The normalized spacial score (nSPS) is 27.6. The molecule has 3 unspecified atom stereocenters. The summed E-state index contributed by atoms with van der Waals surface area (Å²) in [6, 6.07) is 0. The zero-order chi connectivity index (χ0) is 23.0. The number of nitrogens with zero attached hydrogens (tertiary/aromatic N) is 4. The van der Waals surface area contributed by atoms with Crippen LogP contribution in [-0.2, 0) is 36.1 Å². The zero-order valence-corrected chi connectivity index (χ0v) is 18.2. The molecule has 174 valence electrons. The number of ether oxygens (including phenoxy) is 1. The summed E-state index contributed by atoms with van der Waals surface area (Å²) in [7, 11) is -15.1. The van der Waals surface area contributed by atoms with E-state index < -0.39 is 48.5 Å². The van der Waals surface area contributed by atoms with Gasteiger partial charge in [0.05, 0.1) is 19.0 Å². The first-order valence-electron chi connectivity index (χ1n) is 8.20. The number of aliphatic hydroxyl groups is 1. The van der Waals surface area contributed by atoms with Crippen LogP contribution in [0, 0.1) is 0 Å². The number of phosphoric ester groups is 2. The second kappa shape index (κ2) is 8.90. The molecule has 1 fully saturated rings. The molecule has 0 spiro atoms. The molecule has 1 aliphatic heterocycles. The fourth-order valence-electron chi connectivity index (χ4n) is 2.62. The van der Waals surface area contributed by atoms with Crippen LogP contribution in [0.25, 0.3) is 11.2 Å². The van der Waals surface area contributed by atoms with Gasteiger partial charge in [-0.05, 0) is 0 Å². The second-order valence-electron chi connectivity index (χ2n) is 6.06. The Hall–Kier alpha value is -1.32. The first kappa shape index (κ1) is 24.3. The van der Waals surface area contributed by atoms with Crippen molar-refractivity contribution in [3.05, 3.63) is 12.7 Å². The second-order valence-corrected chi connectivity index (χ2v) is 10.8. The number of nitrogens with two attached hydrogens (primary N) is 1. The van der Waals surface area contributed by atoms with Gasteiger partial charge in [-0.15, -0.1) is 0 Å². The zero-order valence-electron chi connectivity index (χ0n) is 15.6. The van der Waals surface area contributed by atoms with Crippen LogP contribution in [0.5, 0.6) is 0 Å². The lowest BCUT2D eigenvalue weighted by Gasteiger charge is -2.19. The van der Waals surface area contributed by atoms with Gasteiger partial charge in [-0.3, -0.25) is 13.6 Å². The van der Waals surface area contributed by atoms with Gasteiger partial charge in [0.1, 0.15) is 24.2 Å². The number of imidazole rings is 1. The van der Waals surface area contributed by atoms with E-state index in [9.17, 15) is 28.6 Å². The largest absolute Gasteiger partial charge is 0.490 e. The highest BCUT2D eigenvalue weighted by Crippen LogP contribution is 2.67. The standard InChI is InChI=1S/C11H18N5O12P3/c1-24-29(18,19)27-31(22,23)28-30(20,21)25-3-7-6(17)2-8(26-7)16-5-15-9-10(12)13-4-14-11(9)16/h4-8,17H,2-3H2,1H3,(H,18,19)(H,20,21)(H,22,23)(H2,12,13,14)/t6-,7+,8+/m0/s1. The van der Waals surface area contributed by atoms with Crippen molar-refractivity contribution in [2.75, 3.05) is 19.5 Å². The maximum atomic E-state index is 11.9. The molecular weight excluding hydrogens is 487 g/mol. The molecule has 20 heteroatoms. The van der Waals surface area contributed by atoms with Crippen molar-refractivity contribution in [1.82, 2.24) is 19.5 Å². The Kier molecular flexibility index (Phi) is 6.99. The highest BCUT2D eigenvalue weighted by atomic mass is 31.3. The minimum absolute atomic E-state index is 0.0170. The third kappa shape index (κ3) is 5.93. The molecule has 0 saturated carbocycles. The topological polar surface area (TPSA) is 248 Å². The van der Waals surface area contributed by atoms with Crippen LogP contribution in [0.1, 0.15) is 12.6 Å². The Morgan fingerprint density at radius 2 is 1.84 bits per heavy atom. The van der Waals surface area contributed by atoms with Gasteiger partial charge < -0.3 is 30.3 Å². The average Bonchev–Trinajstić information content (AvgIpc) is 3.22. The molecule has 31 heavy (non-hydrogen) atoms. The predicted octanol–water partition coefficient (Wildman–Crippen LogP) is 0.0543. The number of aromatic nitrogens is 4. The number of rotatable bonds is 9. The van der Waals surface area contributed by atoms with Gasteiger partial charge in [-0.2, -0.15) is 8.62 Å². The molecule has 0 aromatic carbocycles. The molecule has 6 N–H and O–H groups in total. The summed E-state index contributed by atoms with van der Waals surface area (Å²) < 4.78 is 57.8. The van der Waals surface area contributed by atoms with Crippen LogP contribution in [0.4, 0.5) is 5.82 Å². The lowest BCUT2D eigenvalue weighted by atomic mass is 10.2. The summed E-state index contributed by atoms with van der Waals surface area (Å²) in [5.74, 6) is 0.136. The summed E-state index contributed by atoms with van der Waals surface area (Å²) in [5, 5.41) is 10.2. The molecule has 3 heterocycles. The van der Waals surface area contributed by atoms with Crippen molar-refractivity contribution in [2.45, 2.75) is 24.9 Å². The minimum atomic E-state index is -5.53. The van der Waals surface area contributed by atoms with Crippen LogP contribution >= 0.6 is 23.5 Å². The van der Waals surface area contributed by atoms with Gasteiger partial charge in [0.25, 0.3) is 0 Å². The van der Waals surface area contributed by atoms with Gasteiger partial charge in [0.2, 0.25) is 0 Å². The van der Waals surface area contributed by atoms with E-state index >= 15 is 0 Å². The number of nitrogen functional groups attached to an aromatic ring is 1. The number of aliphatic hydroxyl groups excluding tert-OH is 1. The van der Waals surface area contributed by atoms with E-state index in [1.54, 1.807) is 0 Å². The molecule has 0 bridgehead atoms. The van der Waals surface area contributed by atoms with E-state index in [1.165, 1.54) is 17.2 Å². The lowest BCUT2D eigenvalue weighted by molar-refractivity contribution is -0.0423. The fourth-order valence-corrected chi connectivity index (χ4v) is 5.88. The van der Waals surface area contributed by atoms with Gasteiger partial charge in [-0.25, -0.2) is 28.6 Å². The Bertz CT molecular complexity index is 1100. The molecule has 0 radical (unpaired) electrons. The Balaban J connectivity index is 1.63. The van der Waals surface area contributed by atoms with Crippen LogP contribution in [0.15, 0.2) is 12.7 Å². The molecule has 6 atom stereocenters. The molecule has 2 aromatic heterocycles.